The minimum absolute atomic E-state index is 0.0224. The molecule has 124 valence electrons. The molecule has 0 aliphatic rings. The van der Waals surface area contributed by atoms with Crippen LogP contribution in [0.2, 0.25) is 0 Å². The summed E-state index contributed by atoms with van der Waals surface area (Å²) in [6.07, 6.45) is 1.45. The zero-order chi connectivity index (χ0) is 17.5. The summed E-state index contributed by atoms with van der Waals surface area (Å²) in [5, 5.41) is 9.27. The van der Waals surface area contributed by atoms with Gasteiger partial charge in [0.05, 0.1) is 11.3 Å². The Bertz CT molecular complexity index is 768. The minimum atomic E-state index is -1.12. The van der Waals surface area contributed by atoms with Crippen LogP contribution in [0.4, 0.5) is 0 Å². The van der Waals surface area contributed by atoms with Crippen molar-refractivity contribution in [3.05, 3.63) is 58.2 Å². The molecule has 0 unspecified atom stereocenters. The normalized spacial score (nSPS) is 10.0. The van der Waals surface area contributed by atoms with Gasteiger partial charge in [0, 0.05) is 16.2 Å². The summed E-state index contributed by atoms with van der Waals surface area (Å²) in [5.41, 5.74) is 4.97. The predicted molar refractivity (Wildman–Crippen MR) is 91.7 cm³/mol. The van der Waals surface area contributed by atoms with Crippen LogP contribution >= 0.6 is 27.7 Å². The number of hydrazine groups is 1. The van der Waals surface area contributed by atoms with Gasteiger partial charge in [-0.05, 0) is 36.4 Å². The number of hydrogen-bond acceptors (Lipinski definition) is 5. The fourth-order valence-electron chi connectivity index (χ4n) is 1.64. The van der Waals surface area contributed by atoms with E-state index in [2.05, 4.69) is 31.8 Å². The highest BCUT2D eigenvalue weighted by molar-refractivity contribution is 9.10. The molecule has 0 fully saturated rings. The van der Waals surface area contributed by atoms with E-state index in [1.807, 2.05) is 0 Å². The third kappa shape index (κ3) is 5.07. The summed E-state index contributed by atoms with van der Waals surface area (Å²) < 4.78 is 0.837. The lowest BCUT2D eigenvalue weighted by Crippen LogP contribution is -2.42. The molecule has 2 aromatic rings. The largest absolute Gasteiger partial charge is 0.478 e. The summed E-state index contributed by atoms with van der Waals surface area (Å²) in [6.45, 7) is 0. The molecule has 7 nitrogen and oxygen atoms in total. The monoisotopic (exact) mass is 409 g/mol. The lowest BCUT2D eigenvalue weighted by Gasteiger charge is -2.08. The molecule has 1 heterocycles. The molecule has 24 heavy (non-hydrogen) atoms. The summed E-state index contributed by atoms with van der Waals surface area (Å²) in [6, 6.07) is 9.54. The van der Waals surface area contributed by atoms with Crippen molar-refractivity contribution >= 4 is 45.5 Å². The molecule has 1 aromatic carbocycles. The molecular formula is C15H12BrN3O4S. The Labute approximate surface area is 150 Å². The van der Waals surface area contributed by atoms with Crippen molar-refractivity contribution in [3.63, 3.8) is 0 Å². The number of benzene rings is 1. The molecule has 3 N–H and O–H groups in total. The molecule has 0 radical (unpaired) electrons. The first-order valence-electron chi connectivity index (χ1n) is 6.63. The first-order valence-corrected chi connectivity index (χ1v) is 8.41. The van der Waals surface area contributed by atoms with Crippen LogP contribution in [0, 0.1) is 0 Å². The van der Waals surface area contributed by atoms with Crippen LogP contribution < -0.4 is 10.9 Å². The average Bonchev–Trinajstić information content (AvgIpc) is 2.58. The molecule has 0 aliphatic carbocycles. The average molecular weight is 410 g/mol. The van der Waals surface area contributed by atoms with Crippen molar-refractivity contribution in [3.8, 4) is 0 Å². The number of nitrogens with zero attached hydrogens (tertiary/aromatic N) is 1. The molecule has 0 saturated heterocycles. The van der Waals surface area contributed by atoms with Gasteiger partial charge in [-0.2, -0.15) is 0 Å². The Balaban J connectivity index is 1.85. The molecule has 2 amide bonds. The van der Waals surface area contributed by atoms with E-state index < -0.39 is 17.8 Å². The Hall–Kier alpha value is -2.39. The van der Waals surface area contributed by atoms with Crippen LogP contribution in [-0.4, -0.2) is 33.6 Å². The highest BCUT2D eigenvalue weighted by Crippen LogP contribution is 2.19. The third-order valence-corrected chi connectivity index (χ3v) is 4.30. The lowest BCUT2D eigenvalue weighted by atomic mass is 10.2. The molecular weight excluding hydrogens is 398 g/mol. The highest BCUT2D eigenvalue weighted by atomic mass is 79.9. The van der Waals surface area contributed by atoms with E-state index in [4.69, 9.17) is 5.11 Å². The maximum absolute atomic E-state index is 11.8. The number of carbonyl (C=O) groups is 3. The van der Waals surface area contributed by atoms with Crippen LogP contribution in [0.5, 0.6) is 0 Å². The van der Waals surface area contributed by atoms with Gasteiger partial charge in [0.25, 0.3) is 5.91 Å². The van der Waals surface area contributed by atoms with Gasteiger partial charge < -0.3 is 5.11 Å². The SMILES string of the molecule is O=C(CSc1ncccc1C(=O)O)NNC(=O)c1ccc(Br)cc1. The summed E-state index contributed by atoms with van der Waals surface area (Å²) in [4.78, 5) is 38.6. The van der Waals surface area contributed by atoms with Gasteiger partial charge in [0.1, 0.15) is 5.03 Å². The minimum Gasteiger partial charge on any atom is -0.478 e. The molecule has 9 heteroatoms. The van der Waals surface area contributed by atoms with E-state index in [0.29, 0.717) is 5.56 Å². The quantitative estimate of drug-likeness (QED) is 0.515. The Morgan fingerprint density at radius 2 is 1.83 bits per heavy atom. The molecule has 0 spiro atoms. The number of pyridine rings is 1. The van der Waals surface area contributed by atoms with Crippen LogP contribution in [0.25, 0.3) is 0 Å². The second-order valence-electron chi connectivity index (χ2n) is 4.46. The van der Waals surface area contributed by atoms with E-state index in [9.17, 15) is 14.4 Å². The van der Waals surface area contributed by atoms with E-state index >= 15 is 0 Å². The second-order valence-corrected chi connectivity index (χ2v) is 6.34. The van der Waals surface area contributed by atoms with Gasteiger partial charge in [0.2, 0.25) is 5.91 Å². The molecule has 2 rings (SSSR count). The van der Waals surface area contributed by atoms with Crippen LogP contribution in [0.3, 0.4) is 0 Å². The number of carbonyl (C=O) groups excluding carboxylic acids is 2. The van der Waals surface area contributed by atoms with Gasteiger partial charge in [-0.25, -0.2) is 9.78 Å². The van der Waals surface area contributed by atoms with E-state index in [0.717, 1.165) is 16.2 Å². The Morgan fingerprint density at radius 3 is 2.50 bits per heavy atom. The fraction of sp³-hybridized carbons (Fsp3) is 0.0667. The molecule has 0 atom stereocenters. The summed E-state index contributed by atoms with van der Waals surface area (Å²) >= 11 is 4.23. The van der Waals surface area contributed by atoms with E-state index in [1.165, 1.54) is 18.3 Å². The maximum atomic E-state index is 11.8. The van der Waals surface area contributed by atoms with Gasteiger partial charge >= 0.3 is 5.97 Å². The Kier molecular flexibility index (Phi) is 6.33. The first kappa shape index (κ1) is 18.0. The summed E-state index contributed by atoms with van der Waals surface area (Å²) in [5.74, 6) is -2.13. The topological polar surface area (TPSA) is 108 Å². The number of carboxylic acids is 1. The van der Waals surface area contributed by atoms with Crippen LogP contribution in [0.1, 0.15) is 20.7 Å². The number of amides is 2. The zero-order valence-corrected chi connectivity index (χ0v) is 14.6. The number of thioether (sulfide) groups is 1. The Morgan fingerprint density at radius 1 is 1.12 bits per heavy atom. The van der Waals surface area contributed by atoms with Crippen molar-refractivity contribution in [2.24, 2.45) is 0 Å². The van der Waals surface area contributed by atoms with E-state index in [1.54, 1.807) is 24.3 Å². The molecule has 0 aliphatic heterocycles. The van der Waals surface area contributed by atoms with Crippen molar-refractivity contribution in [2.45, 2.75) is 5.03 Å². The number of carboxylic acid groups (broad SMARTS) is 1. The van der Waals surface area contributed by atoms with E-state index in [-0.39, 0.29) is 16.3 Å². The number of nitrogens with one attached hydrogen (secondary N) is 2. The van der Waals surface area contributed by atoms with Crippen LogP contribution in [-0.2, 0) is 4.79 Å². The smallest absolute Gasteiger partial charge is 0.338 e. The van der Waals surface area contributed by atoms with Crippen LogP contribution in [0.15, 0.2) is 52.1 Å². The first-order chi connectivity index (χ1) is 11.5. The van der Waals surface area contributed by atoms with Gasteiger partial charge in [-0.3, -0.25) is 20.4 Å². The van der Waals surface area contributed by atoms with Crippen molar-refractivity contribution < 1.29 is 19.5 Å². The van der Waals surface area contributed by atoms with Crippen molar-refractivity contribution in [1.29, 1.82) is 0 Å². The third-order valence-electron chi connectivity index (χ3n) is 2.76. The van der Waals surface area contributed by atoms with Gasteiger partial charge in [0.15, 0.2) is 0 Å². The number of aromatic nitrogens is 1. The number of aromatic carboxylic acids is 1. The second kappa shape index (κ2) is 8.46. The van der Waals surface area contributed by atoms with Crippen molar-refractivity contribution in [2.75, 3.05) is 5.75 Å². The zero-order valence-electron chi connectivity index (χ0n) is 12.2. The molecule has 1 aromatic heterocycles. The maximum Gasteiger partial charge on any atom is 0.338 e. The van der Waals surface area contributed by atoms with Gasteiger partial charge in [-0.15, -0.1) is 0 Å². The number of rotatable bonds is 5. The number of halogens is 1. The van der Waals surface area contributed by atoms with Gasteiger partial charge in [-0.1, -0.05) is 27.7 Å². The summed E-state index contributed by atoms with van der Waals surface area (Å²) in [7, 11) is 0. The fourth-order valence-corrected chi connectivity index (χ4v) is 2.69. The lowest BCUT2D eigenvalue weighted by molar-refractivity contribution is -0.119. The highest BCUT2D eigenvalue weighted by Gasteiger charge is 2.13. The standard InChI is InChI=1S/C15H12BrN3O4S/c16-10-5-3-9(4-6-10)13(21)19-18-12(20)8-24-14-11(15(22)23)2-1-7-17-14/h1-7H,8H2,(H,18,20)(H,19,21)(H,22,23). The predicted octanol–water partition coefficient (Wildman–Crippen LogP) is 2.10. The van der Waals surface area contributed by atoms with Crippen molar-refractivity contribution in [1.82, 2.24) is 15.8 Å². The molecule has 0 bridgehead atoms. The number of hydrogen-bond donors (Lipinski definition) is 3. The molecule has 0 saturated carbocycles.